The van der Waals surface area contributed by atoms with Gasteiger partial charge >= 0.3 is 0 Å². The lowest BCUT2D eigenvalue weighted by molar-refractivity contribution is 0.283. The molecule has 0 saturated heterocycles. The minimum Gasteiger partial charge on any atom is -0.493 e. The summed E-state index contributed by atoms with van der Waals surface area (Å²) in [4.78, 5) is 0. The van der Waals surface area contributed by atoms with E-state index >= 15 is 0 Å². The highest BCUT2D eigenvalue weighted by molar-refractivity contribution is 6.31. The molecule has 0 fully saturated rings. The molecule has 0 amide bonds. The Morgan fingerprint density at radius 1 is 1.10 bits per heavy atom. The molecule has 1 aliphatic rings. The summed E-state index contributed by atoms with van der Waals surface area (Å²) >= 11 is 6.35. The third-order valence-corrected chi connectivity index (χ3v) is 4.12. The van der Waals surface area contributed by atoms with E-state index in [1.54, 1.807) is 0 Å². The van der Waals surface area contributed by atoms with Crippen molar-refractivity contribution in [3.63, 3.8) is 0 Å². The van der Waals surface area contributed by atoms with Gasteiger partial charge in [-0.3, -0.25) is 0 Å². The van der Waals surface area contributed by atoms with Gasteiger partial charge in [0.05, 0.1) is 12.6 Å². The largest absolute Gasteiger partial charge is 0.493 e. The molecule has 2 aromatic carbocycles. The smallest absolute Gasteiger partial charge is 0.127 e. The lowest BCUT2D eigenvalue weighted by atomic mass is 9.94. The van der Waals surface area contributed by atoms with Crippen molar-refractivity contribution >= 4 is 11.6 Å². The zero-order valence-corrected chi connectivity index (χ0v) is 12.3. The van der Waals surface area contributed by atoms with Crippen LogP contribution in [0.2, 0.25) is 5.02 Å². The summed E-state index contributed by atoms with van der Waals surface area (Å²) < 4.78 is 5.92. The van der Waals surface area contributed by atoms with Crippen LogP contribution >= 0.6 is 11.6 Å². The zero-order chi connectivity index (χ0) is 13.9. The number of para-hydroxylation sites is 1. The van der Waals surface area contributed by atoms with E-state index in [9.17, 15) is 0 Å². The fraction of sp³-hybridized carbons (Fsp3) is 0.294. The van der Waals surface area contributed by atoms with E-state index in [-0.39, 0.29) is 6.04 Å². The van der Waals surface area contributed by atoms with Crippen molar-refractivity contribution in [2.45, 2.75) is 18.9 Å². The molecule has 2 nitrogen and oxygen atoms in total. The van der Waals surface area contributed by atoms with Gasteiger partial charge in [0.2, 0.25) is 0 Å². The summed E-state index contributed by atoms with van der Waals surface area (Å²) in [6.45, 7) is 0.795. The van der Waals surface area contributed by atoms with Crippen LogP contribution in [0.5, 0.6) is 5.75 Å². The second kappa shape index (κ2) is 5.86. The molecule has 1 atom stereocenters. The number of benzene rings is 2. The molecule has 0 radical (unpaired) electrons. The zero-order valence-electron chi connectivity index (χ0n) is 11.5. The summed E-state index contributed by atoms with van der Waals surface area (Å²) in [5.41, 5.74) is 3.54. The highest BCUT2D eigenvalue weighted by Gasteiger charge is 2.22. The molecule has 1 unspecified atom stereocenters. The number of fused-ring (bicyclic) bond motifs is 1. The van der Waals surface area contributed by atoms with Gasteiger partial charge in [0.1, 0.15) is 5.75 Å². The van der Waals surface area contributed by atoms with Gasteiger partial charge in [0.15, 0.2) is 0 Å². The van der Waals surface area contributed by atoms with Crippen LogP contribution in [-0.2, 0) is 6.42 Å². The van der Waals surface area contributed by atoms with Crippen LogP contribution in [0.3, 0.4) is 0 Å². The third kappa shape index (κ3) is 2.41. The number of rotatable bonds is 3. The van der Waals surface area contributed by atoms with Crippen molar-refractivity contribution < 1.29 is 4.74 Å². The molecular formula is C17H18ClNO. The summed E-state index contributed by atoms with van der Waals surface area (Å²) in [7, 11) is 1.95. The Hall–Kier alpha value is -1.51. The average molecular weight is 288 g/mol. The van der Waals surface area contributed by atoms with Crippen LogP contribution in [-0.4, -0.2) is 13.7 Å². The first-order valence-corrected chi connectivity index (χ1v) is 7.35. The Morgan fingerprint density at radius 3 is 2.70 bits per heavy atom. The van der Waals surface area contributed by atoms with Gasteiger partial charge in [-0.25, -0.2) is 0 Å². The van der Waals surface area contributed by atoms with E-state index in [0.717, 1.165) is 41.3 Å². The second-order valence-corrected chi connectivity index (χ2v) is 5.44. The van der Waals surface area contributed by atoms with E-state index in [1.807, 2.05) is 25.2 Å². The van der Waals surface area contributed by atoms with E-state index in [4.69, 9.17) is 16.3 Å². The molecule has 0 spiro atoms. The van der Waals surface area contributed by atoms with E-state index in [0.29, 0.717) is 0 Å². The monoisotopic (exact) mass is 287 g/mol. The summed E-state index contributed by atoms with van der Waals surface area (Å²) in [6.07, 6.45) is 2.18. The topological polar surface area (TPSA) is 21.3 Å². The molecule has 1 aliphatic heterocycles. The highest BCUT2D eigenvalue weighted by atomic mass is 35.5. The third-order valence-electron chi connectivity index (χ3n) is 3.78. The number of ether oxygens (including phenoxy) is 1. The molecule has 0 bridgehead atoms. The molecule has 0 saturated carbocycles. The van der Waals surface area contributed by atoms with Crippen LogP contribution < -0.4 is 10.1 Å². The van der Waals surface area contributed by atoms with Crippen molar-refractivity contribution in [3.05, 3.63) is 64.2 Å². The van der Waals surface area contributed by atoms with E-state index < -0.39 is 0 Å². The van der Waals surface area contributed by atoms with Gasteiger partial charge in [0.25, 0.3) is 0 Å². The van der Waals surface area contributed by atoms with Crippen LogP contribution in [0.25, 0.3) is 0 Å². The summed E-state index contributed by atoms with van der Waals surface area (Å²) in [6, 6.07) is 14.4. The lowest BCUT2D eigenvalue weighted by Crippen LogP contribution is -2.21. The predicted octanol–water partition coefficient (Wildman–Crippen LogP) is 3.97. The van der Waals surface area contributed by atoms with Gasteiger partial charge in [-0.15, -0.1) is 0 Å². The van der Waals surface area contributed by atoms with Crippen LogP contribution in [0.15, 0.2) is 42.5 Å². The predicted molar refractivity (Wildman–Crippen MR) is 82.6 cm³/mol. The Morgan fingerprint density at radius 2 is 1.90 bits per heavy atom. The molecule has 1 heterocycles. The number of halogens is 1. The van der Waals surface area contributed by atoms with Gasteiger partial charge in [-0.2, -0.15) is 0 Å². The van der Waals surface area contributed by atoms with Crippen molar-refractivity contribution in [2.75, 3.05) is 13.7 Å². The Kier molecular flexibility index (Phi) is 3.95. The fourth-order valence-electron chi connectivity index (χ4n) is 2.83. The molecular weight excluding hydrogens is 270 g/mol. The van der Waals surface area contributed by atoms with Crippen molar-refractivity contribution in [1.29, 1.82) is 0 Å². The Labute approximate surface area is 124 Å². The van der Waals surface area contributed by atoms with Gasteiger partial charge < -0.3 is 10.1 Å². The first-order chi connectivity index (χ1) is 9.81. The lowest BCUT2D eigenvalue weighted by Gasteiger charge is -2.25. The Balaban J connectivity index is 2.09. The minimum atomic E-state index is 0.0525. The first kappa shape index (κ1) is 13.5. The minimum absolute atomic E-state index is 0.0525. The van der Waals surface area contributed by atoms with Gasteiger partial charge in [-0.05, 0) is 37.1 Å². The molecule has 3 rings (SSSR count). The van der Waals surface area contributed by atoms with E-state index in [2.05, 4.69) is 29.6 Å². The molecule has 0 aromatic heterocycles. The van der Waals surface area contributed by atoms with Crippen molar-refractivity contribution in [3.8, 4) is 5.75 Å². The Bertz CT molecular complexity index is 612. The molecule has 104 valence electrons. The highest BCUT2D eigenvalue weighted by Crippen LogP contribution is 2.37. The maximum Gasteiger partial charge on any atom is 0.127 e. The molecule has 2 aromatic rings. The van der Waals surface area contributed by atoms with Crippen molar-refractivity contribution in [2.24, 2.45) is 0 Å². The normalized spacial score (nSPS) is 15.3. The first-order valence-electron chi connectivity index (χ1n) is 6.97. The van der Waals surface area contributed by atoms with E-state index in [1.165, 1.54) is 5.56 Å². The fourth-order valence-corrected chi connectivity index (χ4v) is 3.07. The SMILES string of the molecule is CNC(c1ccccc1Cl)c1cccc2c1OCCC2. The molecule has 0 aliphatic carbocycles. The number of aryl methyl sites for hydroxylation is 1. The maximum absolute atomic E-state index is 6.35. The van der Waals surface area contributed by atoms with Gasteiger partial charge in [0, 0.05) is 10.6 Å². The van der Waals surface area contributed by atoms with Crippen LogP contribution in [0.1, 0.15) is 29.2 Å². The summed E-state index contributed by atoms with van der Waals surface area (Å²) in [5.74, 6) is 1.03. The van der Waals surface area contributed by atoms with Gasteiger partial charge in [-0.1, -0.05) is 48.0 Å². The number of nitrogens with one attached hydrogen (secondary N) is 1. The standard InChI is InChI=1S/C17H18ClNO/c1-19-16(13-8-2-3-10-15(13)18)14-9-4-6-12-7-5-11-20-17(12)14/h2-4,6,8-10,16,19H,5,7,11H2,1H3. The maximum atomic E-state index is 6.35. The van der Waals surface area contributed by atoms with Crippen LogP contribution in [0.4, 0.5) is 0 Å². The quantitative estimate of drug-likeness (QED) is 0.922. The average Bonchev–Trinajstić information content (AvgIpc) is 2.50. The van der Waals surface area contributed by atoms with Crippen molar-refractivity contribution in [1.82, 2.24) is 5.32 Å². The second-order valence-electron chi connectivity index (χ2n) is 5.03. The molecule has 3 heteroatoms. The van der Waals surface area contributed by atoms with Crippen LogP contribution in [0, 0.1) is 0 Å². The number of hydrogen-bond donors (Lipinski definition) is 1. The summed E-state index contributed by atoms with van der Waals surface area (Å²) in [5, 5.41) is 4.14. The molecule has 1 N–H and O–H groups in total. The number of hydrogen-bond acceptors (Lipinski definition) is 2. The molecule has 20 heavy (non-hydrogen) atoms.